The lowest BCUT2D eigenvalue weighted by Crippen LogP contribution is -2.01. The third-order valence-electron chi connectivity index (χ3n) is 2.55. The fourth-order valence-corrected chi connectivity index (χ4v) is 2.71. The van der Waals surface area contributed by atoms with Gasteiger partial charge in [0, 0.05) is 11.8 Å². The van der Waals surface area contributed by atoms with Crippen LogP contribution >= 0.6 is 11.3 Å². The largest absolute Gasteiger partial charge is 0.307 e. The third kappa shape index (κ3) is 0.990. The first-order chi connectivity index (χ1) is 6.86. The normalized spacial score (nSPS) is 14.2. The van der Waals surface area contributed by atoms with Crippen LogP contribution in [0.4, 0.5) is 0 Å². The summed E-state index contributed by atoms with van der Waals surface area (Å²) < 4.78 is 2.23. The van der Waals surface area contributed by atoms with Gasteiger partial charge in [0.25, 0.3) is 0 Å². The number of hydrogen-bond donors (Lipinski definition) is 0. The van der Waals surface area contributed by atoms with Crippen molar-refractivity contribution in [1.82, 2.24) is 4.57 Å². The second-order valence-electron chi connectivity index (χ2n) is 3.42. The van der Waals surface area contributed by atoms with Crippen molar-refractivity contribution >= 4 is 17.0 Å². The molecule has 3 heterocycles. The summed E-state index contributed by atoms with van der Waals surface area (Å²) in [7, 11) is 0. The molecule has 14 heavy (non-hydrogen) atoms. The molecule has 1 aliphatic rings. The molecule has 0 atom stereocenters. The fraction of sp³-hybridized carbons (Fsp3) is 0.182. The Balaban J connectivity index is 2.34. The van der Waals surface area contributed by atoms with E-state index in [2.05, 4.69) is 46.3 Å². The number of fused-ring (bicyclic) bond motifs is 3. The smallest absolute Gasteiger partial charge is 0.105 e. The van der Waals surface area contributed by atoms with Crippen LogP contribution in [0.25, 0.3) is 5.00 Å². The molecule has 2 aromatic rings. The lowest BCUT2D eigenvalue weighted by molar-refractivity contribution is 1.05. The first kappa shape index (κ1) is 8.00. The first-order valence-electron chi connectivity index (χ1n) is 4.62. The second kappa shape index (κ2) is 2.82. The summed E-state index contributed by atoms with van der Waals surface area (Å²) in [5.74, 6) is 0. The van der Waals surface area contributed by atoms with Crippen molar-refractivity contribution < 1.29 is 0 Å². The molecule has 0 fully saturated rings. The molecule has 0 unspecified atom stereocenters. The molecule has 0 radical (unpaired) electrons. The van der Waals surface area contributed by atoms with E-state index in [0.717, 1.165) is 12.3 Å². The van der Waals surface area contributed by atoms with E-state index in [9.17, 15) is 0 Å². The van der Waals surface area contributed by atoms with Crippen molar-refractivity contribution in [2.45, 2.75) is 13.5 Å². The van der Waals surface area contributed by atoms with Gasteiger partial charge < -0.3 is 4.57 Å². The van der Waals surface area contributed by atoms with Crippen LogP contribution in [0.15, 0.2) is 34.8 Å². The molecule has 0 aromatic carbocycles. The van der Waals surface area contributed by atoms with E-state index in [-0.39, 0.29) is 0 Å². The molecule has 3 rings (SSSR count). The van der Waals surface area contributed by atoms with Crippen LogP contribution in [0.3, 0.4) is 0 Å². The van der Waals surface area contributed by atoms with Crippen LogP contribution in [0.2, 0.25) is 0 Å². The highest BCUT2D eigenvalue weighted by Crippen LogP contribution is 2.27. The molecule has 0 N–H and O–H groups in total. The van der Waals surface area contributed by atoms with Gasteiger partial charge in [0.15, 0.2) is 0 Å². The topological polar surface area (TPSA) is 17.3 Å². The third-order valence-corrected chi connectivity index (χ3v) is 3.50. The fourth-order valence-electron chi connectivity index (χ4n) is 1.80. The maximum absolute atomic E-state index is 4.55. The molecule has 0 bridgehead atoms. The van der Waals surface area contributed by atoms with E-state index in [1.165, 1.54) is 16.3 Å². The Kier molecular flexibility index (Phi) is 1.61. The van der Waals surface area contributed by atoms with Gasteiger partial charge in [0.1, 0.15) is 5.00 Å². The molecule has 0 spiro atoms. The lowest BCUT2D eigenvalue weighted by Gasteiger charge is -2.04. The summed E-state index contributed by atoms with van der Waals surface area (Å²) in [6, 6.07) is 6.35. The molecule has 2 aromatic heterocycles. The molecular formula is C11H10N2S. The Hall–Kier alpha value is -1.35. The second-order valence-corrected chi connectivity index (χ2v) is 4.31. The van der Waals surface area contributed by atoms with Crippen molar-refractivity contribution in [1.29, 1.82) is 0 Å². The average molecular weight is 202 g/mol. The summed E-state index contributed by atoms with van der Waals surface area (Å²) >= 11 is 1.78. The molecular weight excluding hydrogens is 192 g/mol. The van der Waals surface area contributed by atoms with Crippen LogP contribution < -0.4 is 0 Å². The van der Waals surface area contributed by atoms with Crippen LogP contribution in [0, 0.1) is 0 Å². The predicted molar refractivity (Wildman–Crippen MR) is 59.6 cm³/mol. The van der Waals surface area contributed by atoms with Crippen molar-refractivity contribution in [3.63, 3.8) is 0 Å². The van der Waals surface area contributed by atoms with Gasteiger partial charge in [0.05, 0.1) is 18.0 Å². The molecule has 0 saturated heterocycles. The molecule has 2 nitrogen and oxygen atoms in total. The minimum atomic E-state index is 0.812. The maximum Gasteiger partial charge on any atom is 0.105 e. The number of hydrogen-bond acceptors (Lipinski definition) is 2. The van der Waals surface area contributed by atoms with Gasteiger partial charge in [-0.3, -0.25) is 4.99 Å². The summed E-state index contributed by atoms with van der Waals surface area (Å²) in [5, 5.41) is 3.44. The molecule has 0 aliphatic carbocycles. The van der Waals surface area contributed by atoms with Crippen molar-refractivity contribution in [3.05, 3.63) is 41.0 Å². The van der Waals surface area contributed by atoms with Gasteiger partial charge >= 0.3 is 0 Å². The quantitative estimate of drug-likeness (QED) is 0.625. The number of aliphatic imine (C=N–C) groups is 1. The number of aromatic nitrogens is 1. The SMILES string of the molecule is CC1=NCc2ccsc2-n2cccc21. The molecule has 3 heteroatoms. The van der Waals surface area contributed by atoms with E-state index in [1.807, 2.05) is 0 Å². The predicted octanol–water partition coefficient (Wildman–Crippen LogP) is 2.86. The van der Waals surface area contributed by atoms with Gasteiger partial charge in [-0.2, -0.15) is 0 Å². The van der Waals surface area contributed by atoms with Crippen LogP contribution in [-0.2, 0) is 6.54 Å². The van der Waals surface area contributed by atoms with Gasteiger partial charge in [-0.05, 0) is 30.5 Å². The summed E-state index contributed by atoms with van der Waals surface area (Å²) in [6.07, 6.45) is 2.11. The standard InChI is InChI=1S/C11H10N2S/c1-8-10-3-2-5-13(10)11-9(7-12-8)4-6-14-11/h2-6H,7H2,1H3. The van der Waals surface area contributed by atoms with Gasteiger partial charge in [-0.1, -0.05) is 0 Å². The van der Waals surface area contributed by atoms with E-state index in [4.69, 9.17) is 0 Å². The van der Waals surface area contributed by atoms with Gasteiger partial charge in [-0.25, -0.2) is 0 Å². The molecule has 70 valence electrons. The highest BCUT2D eigenvalue weighted by Gasteiger charge is 2.14. The highest BCUT2D eigenvalue weighted by molar-refractivity contribution is 7.12. The van der Waals surface area contributed by atoms with Gasteiger partial charge in [0.2, 0.25) is 0 Å². The van der Waals surface area contributed by atoms with Crippen LogP contribution in [-0.4, -0.2) is 10.3 Å². The minimum Gasteiger partial charge on any atom is -0.307 e. The van der Waals surface area contributed by atoms with Crippen molar-refractivity contribution in [2.24, 2.45) is 4.99 Å². The van der Waals surface area contributed by atoms with E-state index >= 15 is 0 Å². The maximum atomic E-state index is 4.55. The Bertz CT molecular complexity index is 505. The van der Waals surface area contributed by atoms with Crippen LogP contribution in [0.1, 0.15) is 18.2 Å². The molecule has 0 amide bonds. The highest BCUT2D eigenvalue weighted by atomic mass is 32.1. The zero-order valence-corrected chi connectivity index (χ0v) is 8.71. The Morgan fingerprint density at radius 1 is 1.43 bits per heavy atom. The van der Waals surface area contributed by atoms with E-state index in [1.54, 1.807) is 11.3 Å². The number of thiophene rings is 1. The summed E-state index contributed by atoms with van der Waals surface area (Å²) in [4.78, 5) is 4.55. The van der Waals surface area contributed by atoms with Crippen LogP contribution in [0.5, 0.6) is 0 Å². The number of nitrogens with zero attached hydrogens (tertiary/aromatic N) is 2. The number of rotatable bonds is 0. The average Bonchev–Trinajstić information content (AvgIpc) is 2.80. The Morgan fingerprint density at radius 2 is 2.36 bits per heavy atom. The summed E-state index contributed by atoms with van der Waals surface area (Å²) in [6.45, 7) is 2.88. The molecule has 0 saturated carbocycles. The van der Waals surface area contributed by atoms with Crippen molar-refractivity contribution in [2.75, 3.05) is 0 Å². The van der Waals surface area contributed by atoms with Crippen molar-refractivity contribution in [3.8, 4) is 5.00 Å². The first-order valence-corrected chi connectivity index (χ1v) is 5.50. The Morgan fingerprint density at radius 3 is 3.29 bits per heavy atom. The summed E-state index contributed by atoms with van der Waals surface area (Å²) in [5.41, 5.74) is 3.66. The van der Waals surface area contributed by atoms with E-state index < -0.39 is 0 Å². The van der Waals surface area contributed by atoms with Gasteiger partial charge in [-0.15, -0.1) is 11.3 Å². The minimum absolute atomic E-state index is 0.812. The molecule has 1 aliphatic heterocycles. The van der Waals surface area contributed by atoms with E-state index in [0.29, 0.717) is 0 Å². The monoisotopic (exact) mass is 202 g/mol. The Labute approximate surface area is 86.5 Å². The zero-order chi connectivity index (χ0) is 9.54. The lowest BCUT2D eigenvalue weighted by atomic mass is 10.3. The zero-order valence-electron chi connectivity index (χ0n) is 7.90.